The first kappa shape index (κ1) is 23.8. The second kappa shape index (κ2) is 9.72. The Bertz CT molecular complexity index is 1170. The number of aromatic nitrogens is 3. The van der Waals surface area contributed by atoms with Crippen LogP contribution in [0.15, 0.2) is 54.1 Å². The second-order valence-corrected chi connectivity index (χ2v) is 9.88. The predicted octanol–water partition coefficient (Wildman–Crippen LogP) is 2.62. The number of carbonyl (C=O) groups is 1. The van der Waals surface area contributed by atoms with Crippen molar-refractivity contribution >= 4 is 15.8 Å². The molecule has 0 aliphatic carbocycles. The number of aromatic amines is 1. The lowest BCUT2D eigenvalue weighted by Crippen LogP contribution is -2.45. The van der Waals surface area contributed by atoms with Gasteiger partial charge in [-0.3, -0.25) is 4.79 Å². The number of aliphatic hydroxyl groups excluding tert-OH is 1. The Labute approximate surface area is 188 Å². The van der Waals surface area contributed by atoms with Crippen molar-refractivity contribution in [2.24, 2.45) is 5.92 Å². The van der Waals surface area contributed by atoms with Crippen LogP contribution in [0.2, 0.25) is 0 Å². The Morgan fingerprint density at radius 1 is 1.22 bits per heavy atom. The summed E-state index contributed by atoms with van der Waals surface area (Å²) < 4.78 is 28.2. The summed E-state index contributed by atoms with van der Waals surface area (Å²) in [7, 11) is -3.96. The fourth-order valence-electron chi connectivity index (χ4n) is 3.50. The van der Waals surface area contributed by atoms with Crippen LogP contribution < -0.4 is 4.72 Å². The largest absolute Gasteiger partial charge is 0.381 e. The molecule has 0 amide bonds. The highest BCUT2D eigenvalue weighted by Gasteiger charge is 2.29. The zero-order valence-electron chi connectivity index (χ0n) is 18.4. The molecule has 32 heavy (non-hydrogen) atoms. The number of H-pyrrole nitrogens is 1. The van der Waals surface area contributed by atoms with Crippen molar-refractivity contribution in [2.75, 3.05) is 0 Å². The van der Waals surface area contributed by atoms with E-state index in [1.165, 1.54) is 12.1 Å². The third kappa shape index (κ3) is 5.48. The molecular weight excluding hydrogens is 428 g/mol. The van der Waals surface area contributed by atoms with Crippen LogP contribution >= 0.6 is 0 Å². The van der Waals surface area contributed by atoms with Crippen molar-refractivity contribution < 1.29 is 18.3 Å². The minimum absolute atomic E-state index is 0.0436. The summed E-state index contributed by atoms with van der Waals surface area (Å²) in [6.07, 6.45) is 2.27. The molecule has 8 nitrogen and oxygen atoms in total. The van der Waals surface area contributed by atoms with Crippen LogP contribution in [-0.4, -0.2) is 46.4 Å². The molecule has 2 aliphatic heterocycles. The van der Waals surface area contributed by atoms with Gasteiger partial charge in [-0.05, 0) is 43.0 Å². The minimum atomic E-state index is -3.96. The fraction of sp³-hybridized carbons (Fsp3) is 0.348. The van der Waals surface area contributed by atoms with Crippen molar-refractivity contribution in [3.63, 3.8) is 0 Å². The van der Waals surface area contributed by atoms with Crippen molar-refractivity contribution in [3.8, 4) is 11.4 Å². The van der Waals surface area contributed by atoms with Crippen LogP contribution in [0.1, 0.15) is 37.4 Å². The van der Waals surface area contributed by atoms with Crippen LogP contribution in [0.5, 0.6) is 0 Å². The predicted molar refractivity (Wildman–Crippen MR) is 122 cm³/mol. The highest BCUT2D eigenvalue weighted by atomic mass is 32.2. The van der Waals surface area contributed by atoms with E-state index in [2.05, 4.69) is 26.3 Å². The van der Waals surface area contributed by atoms with E-state index in [0.29, 0.717) is 12.2 Å². The molecule has 2 aliphatic rings. The van der Waals surface area contributed by atoms with Gasteiger partial charge in [-0.1, -0.05) is 32.1 Å². The van der Waals surface area contributed by atoms with E-state index < -0.39 is 28.0 Å². The Kier molecular flexibility index (Phi) is 7.22. The molecule has 0 bridgehead atoms. The van der Waals surface area contributed by atoms with Crippen molar-refractivity contribution in [1.29, 1.82) is 0 Å². The van der Waals surface area contributed by atoms with Gasteiger partial charge in [-0.2, -0.15) is 0 Å². The molecule has 0 spiro atoms. The average molecular weight is 457 g/mol. The van der Waals surface area contributed by atoms with Gasteiger partial charge in [-0.25, -0.2) is 23.1 Å². The topological polar surface area (TPSA) is 125 Å². The summed E-state index contributed by atoms with van der Waals surface area (Å²) in [5.41, 5.74) is 3.38. The van der Waals surface area contributed by atoms with E-state index in [0.717, 1.165) is 28.7 Å². The number of rotatable bonds is 10. The van der Waals surface area contributed by atoms with Crippen LogP contribution in [0.4, 0.5) is 0 Å². The highest BCUT2D eigenvalue weighted by molar-refractivity contribution is 7.89. The summed E-state index contributed by atoms with van der Waals surface area (Å²) in [6.45, 7) is 8.99. The summed E-state index contributed by atoms with van der Waals surface area (Å²) in [5, 5.41) is 9.82. The monoisotopic (exact) mass is 456 g/mol. The minimum Gasteiger partial charge on any atom is -0.381 e. The van der Waals surface area contributed by atoms with Gasteiger partial charge in [0.1, 0.15) is 17.6 Å². The third-order valence-electron chi connectivity index (χ3n) is 5.06. The molecule has 1 aromatic carbocycles. The molecule has 1 aromatic rings. The first-order valence-electron chi connectivity index (χ1n) is 10.4. The molecule has 0 fully saturated rings. The standard InChI is InChI=1S/C23H28N4O4S/c1-5-21(28)23(29)20(12-14(2)3)27-32(30,31)17-8-6-16(7-9-17)13-19-22-18(10-11-24-19)25-15(4)26-22/h5-11,14,20-21,24,27-28H,1,12-13H2,2-4H3/t20-,21?/m1/s1. The third-order valence-corrected chi connectivity index (χ3v) is 6.55. The highest BCUT2D eigenvalue weighted by Crippen LogP contribution is 2.24. The summed E-state index contributed by atoms with van der Waals surface area (Å²) in [4.78, 5) is 24.5. The maximum absolute atomic E-state index is 12.9. The number of pyridine rings is 1. The molecule has 2 heterocycles. The smallest absolute Gasteiger partial charge is 0.241 e. The normalized spacial score (nSPS) is 13.9. The Balaban J connectivity index is 1.78. The molecule has 1 unspecified atom stereocenters. The lowest BCUT2D eigenvalue weighted by Gasteiger charge is -2.21. The zero-order valence-corrected chi connectivity index (χ0v) is 19.2. The van der Waals surface area contributed by atoms with Crippen molar-refractivity contribution in [2.45, 2.75) is 50.7 Å². The second-order valence-electron chi connectivity index (χ2n) is 8.17. The van der Waals surface area contributed by atoms with Gasteiger partial charge in [0, 0.05) is 18.3 Å². The van der Waals surface area contributed by atoms with Crippen LogP contribution in [0.25, 0.3) is 11.4 Å². The number of aliphatic hydroxyl groups is 1. The number of carbonyl (C=O) groups excluding carboxylic acids is 1. The Morgan fingerprint density at radius 3 is 2.53 bits per heavy atom. The number of nitrogens with zero attached hydrogens (tertiary/aromatic N) is 2. The van der Waals surface area contributed by atoms with Crippen molar-refractivity contribution in [1.82, 2.24) is 19.7 Å². The summed E-state index contributed by atoms with van der Waals surface area (Å²) in [6, 6.07) is 7.27. The Hall–Kier alpha value is -2.88. The molecule has 2 atom stereocenters. The summed E-state index contributed by atoms with van der Waals surface area (Å²) in [5.74, 6) is 0.122. The lowest BCUT2D eigenvalue weighted by atomic mass is 9.98. The molecule has 0 saturated carbocycles. The lowest BCUT2D eigenvalue weighted by molar-refractivity contribution is -0.127. The number of sulfonamides is 1. The Morgan fingerprint density at radius 2 is 1.91 bits per heavy atom. The molecule has 0 radical (unpaired) electrons. The van der Waals surface area contributed by atoms with Gasteiger partial charge in [-0.15, -0.1) is 6.58 Å². The maximum atomic E-state index is 12.9. The van der Waals surface area contributed by atoms with Crippen LogP contribution in [0.3, 0.4) is 0 Å². The maximum Gasteiger partial charge on any atom is 0.241 e. The van der Waals surface area contributed by atoms with Gasteiger partial charge < -0.3 is 10.1 Å². The molecule has 3 N–H and O–H groups in total. The molecule has 170 valence electrons. The number of hydrogen-bond donors (Lipinski definition) is 3. The van der Waals surface area contributed by atoms with E-state index in [-0.39, 0.29) is 17.2 Å². The van der Waals surface area contributed by atoms with Crippen LogP contribution in [0, 0.1) is 12.8 Å². The van der Waals surface area contributed by atoms with Gasteiger partial charge in [0.15, 0.2) is 5.78 Å². The van der Waals surface area contributed by atoms with Crippen molar-refractivity contribution in [3.05, 3.63) is 66.3 Å². The van der Waals surface area contributed by atoms with Gasteiger partial charge in [0.25, 0.3) is 0 Å². The molecular formula is C23H28N4O4S. The molecule has 0 aromatic heterocycles. The number of benzene rings is 1. The van der Waals surface area contributed by atoms with Gasteiger partial charge in [0.2, 0.25) is 10.0 Å². The SMILES string of the molecule is C=CC(O)C(=O)[C@@H](CC(C)C)NS(=O)(=O)c1ccc(Cc2[nH]ccc3nc(C)nc2-3)cc1. The number of ketones is 1. The van der Waals surface area contributed by atoms with E-state index in [1.807, 2.05) is 26.8 Å². The molecule has 3 rings (SSSR count). The number of Topliss-reactive ketones (excluding diaryl/α,β-unsaturated/α-hetero) is 1. The van der Waals surface area contributed by atoms with Crippen LogP contribution in [-0.2, 0) is 21.2 Å². The summed E-state index contributed by atoms with van der Waals surface area (Å²) >= 11 is 0. The van der Waals surface area contributed by atoms with E-state index in [1.54, 1.807) is 18.3 Å². The number of nitrogens with one attached hydrogen (secondary N) is 2. The zero-order chi connectivity index (χ0) is 23.5. The fourth-order valence-corrected chi connectivity index (χ4v) is 4.71. The van der Waals surface area contributed by atoms with E-state index >= 15 is 0 Å². The number of fused-ring (bicyclic) bond motifs is 1. The molecule has 9 heteroatoms. The first-order valence-corrected chi connectivity index (χ1v) is 11.8. The number of aryl methyl sites for hydroxylation is 1. The molecule has 0 saturated heterocycles. The average Bonchev–Trinajstić information content (AvgIpc) is 3.13. The van der Waals surface area contributed by atoms with E-state index in [9.17, 15) is 18.3 Å². The number of hydrogen-bond acceptors (Lipinski definition) is 6. The van der Waals surface area contributed by atoms with Gasteiger partial charge in [0.05, 0.1) is 16.6 Å². The quantitative estimate of drug-likeness (QED) is 0.403. The first-order chi connectivity index (χ1) is 15.1. The van der Waals surface area contributed by atoms with E-state index in [4.69, 9.17) is 0 Å². The number of imidazole rings is 1. The van der Waals surface area contributed by atoms with Gasteiger partial charge >= 0.3 is 0 Å².